The molecular formula is C19H25Cl2N3O2. The highest BCUT2D eigenvalue weighted by Crippen LogP contribution is 2.21. The van der Waals surface area contributed by atoms with Crippen molar-refractivity contribution in [3.8, 4) is 0 Å². The number of carbonyl (C=O) groups excluding carboxylic acids is 2. The Hall–Kier alpha value is -1.56. The van der Waals surface area contributed by atoms with Crippen LogP contribution in [0.5, 0.6) is 0 Å². The number of nitrogens with zero attached hydrogens (tertiary/aromatic N) is 3. The maximum atomic E-state index is 12.4. The predicted octanol–water partition coefficient (Wildman–Crippen LogP) is 3.02. The van der Waals surface area contributed by atoms with Crippen LogP contribution < -0.4 is 0 Å². The standard InChI is InChI=1S/C19H25Cl2N3O2/c1-3-23(4-2)19(26)14-22-9-11-24(12-10-22)18(25)8-5-15-13-16(20)6-7-17(15)21/h5-8,13H,3-4,9-12,14H2,1-2H3/b8-5+. The molecule has 7 heteroatoms. The first kappa shape index (κ1) is 20.7. The fourth-order valence-electron chi connectivity index (χ4n) is 2.90. The third-order valence-corrected chi connectivity index (χ3v) is 5.10. The van der Waals surface area contributed by atoms with Crippen molar-refractivity contribution in [1.29, 1.82) is 0 Å². The largest absolute Gasteiger partial charge is 0.342 e. The molecule has 1 heterocycles. The molecule has 1 aromatic rings. The molecular weight excluding hydrogens is 373 g/mol. The molecule has 1 aromatic carbocycles. The number of benzene rings is 1. The lowest BCUT2D eigenvalue weighted by Crippen LogP contribution is -2.51. The molecule has 1 fully saturated rings. The SMILES string of the molecule is CCN(CC)C(=O)CN1CCN(C(=O)/C=C/c2cc(Cl)ccc2Cl)CC1. The summed E-state index contributed by atoms with van der Waals surface area (Å²) in [6.45, 7) is 8.45. The molecule has 0 atom stereocenters. The molecule has 1 aliphatic heterocycles. The molecule has 0 bridgehead atoms. The maximum absolute atomic E-state index is 12.4. The Morgan fingerprint density at radius 3 is 2.38 bits per heavy atom. The van der Waals surface area contributed by atoms with E-state index in [1.165, 1.54) is 6.08 Å². The average Bonchev–Trinajstić information content (AvgIpc) is 2.64. The second-order valence-corrected chi connectivity index (χ2v) is 7.01. The number of halogens is 2. The van der Waals surface area contributed by atoms with Crippen molar-refractivity contribution in [3.05, 3.63) is 39.9 Å². The van der Waals surface area contributed by atoms with Crippen LogP contribution in [-0.4, -0.2) is 72.3 Å². The van der Waals surface area contributed by atoms with Crippen LogP contribution in [0, 0.1) is 0 Å². The van der Waals surface area contributed by atoms with Gasteiger partial charge in [0.15, 0.2) is 0 Å². The summed E-state index contributed by atoms with van der Waals surface area (Å²) >= 11 is 12.1. The van der Waals surface area contributed by atoms with Gasteiger partial charge in [0.25, 0.3) is 0 Å². The third-order valence-electron chi connectivity index (χ3n) is 4.52. The minimum Gasteiger partial charge on any atom is -0.342 e. The number of amides is 2. The smallest absolute Gasteiger partial charge is 0.246 e. The highest BCUT2D eigenvalue weighted by Gasteiger charge is 2.22. The Balaban J connectivity index is 1.85. The van der Waals surface area contributed by atoms with Crippen LogP contribution in [0.1, 0.15) is 19.4 Å². The van der Waals surface area contributed by atoms with E-state index in [-0.39, 0.29) is 11.8 Å². The molecule has 1 saturated heterocycles. The summed E-state index contributed by atoms with van der Waals surface area (Å²) in [4.78, 5) is 30.3. The van der Waals surface area contributed by atoms with E-state index >= 15 is 0 Å². The van der Waals surface area contributed by atoms with Gasteiger partial charge in [-0.15, -0.1) is 0 Å². The third kappa shape index (κ3) is 5.73. The zero-order chi connectivity index (χ0) is 19.1. The van der Waals surface area contributed by atoms with Crippen LogP contribution in [0.4, 0.5) is 0 Å². The number of carbonyl (C=O) groups is 2. The van der Waals surface area contributed by atoms with E-state index < -0.39 is 0 Å². The van der Waals surface area contributed by atoms with Gasteiger partial charge in [-0.05, 0) is 43.7 Å². The minimum atomic E-state index is -0.0595. The van der Waals surface area contributed by atoms with Gasteiger partial charge >= 0.3 is 0 Å². The molecule has 0 radical (unpaired) electrons. The Morgan fingerprint density at radius 1 is 1.12 bits per heavy atom. The summed E-state index contributed by atoms with van der Waals surface area (Å²) in [7, 11) is 0. The van der Waals surface area contributed by atoms with E-state index in [0.29, 0.717) is 42.8 Å². The van der Waals surface area contributed by atoms with Gasteiger partial charge in [-0.3, -0.25) is 14.5 Å². The van der Waals surface area contributed by atoms with Gasteiger partial charge in [-0.1, -0.05) is 23.2 Å². The normalized spacial score (nSPS) is 15.5. The lowest BCUT2D eigenvalue weighted by molar-refractivity contribution is -0.133. The fraction of sp³-hybridized carbons (Fsp3) is 0.474. The molecule has 2 rings (SSSR count). The average molecular weight is 398 g/mol. The lowest BCUT2D eigenvalue weighted by atomic mass is 10.2. The van der Waals surface area contributed by atoms with Crippen molar-refractivity contribution in [2.45, 2.75) is 13.8 Å². The van der Waals surface area contributed by atoms with Crippen LogP contribution in [0.2, 0.25) is 10.0 Å². The van der Waals surface area contributed by atoms with Crippen molar-refractivity contribution in [3.63, 3.8) is 0 Å². The van der Waals surface area contributed by atoms with Crippen molar-refractivity contribution in [2.24, 2.45) is 0 Å². The number of piperazine rings is 1. The molecule has 2 amide bonds. The van der Waals surface area contributed by atoms with Crippen LogP contribution >= 0.6 is 23.2 Å². The van der Waals surface area contributed by atoms with Crippen molar-refractivity contribution in [2.75, 3.05) is 45.8 Å². The first-order chi connectivity index (χ1) is 12.4. The molecule has 1 aliphatic rings. The molecule has 26 heavy (non-hydrogen) atoms. The fourth-order valence-corrected chi connectivity index (χ4v) is 3.26. The zero-order valence-electron chi connectivity index (χ0n) is 15.3. The highest BCUT2D eigenvalue weighted by atomic mass is 35.5. The minimum absolute atomic E-state index is 0.0595. The first-order valence-electron chi connectivity index (χ1n) is 8.86. The summed E-state index contributed by atoms with van der Waals surface area (Å²) in [6, 6.07) is 5.14. The van der Waals surface area contributed by atoms with E-state index in [0.717, 1.165) is 18.7 Å². The Morgan fingerprint density at radius 2 is 1.77 bits per heavy atom. The van der Waals surface area contributed by atoms with Gasteiger partial charge < -0.3 is 9.80 Å². The highest BCUT2D eigenvalue weighted by molar-refractivity contribution is 6.34. The summed E-state index contributed by atoms with van der Waals surface area (Å²) in [5, 5.41) is 1.13. The molecule has 0 N–H and O–H groups in total. The van der Waals surface area contributed by atoms with Gasteiger partial charge in [-0.2, -0.15) is 0 Å². The first-order valence-corrected chi connectivity index (χ1v) is 9.62. The van der Waals surface area contributed by atoms with E-state index in [9.17, 15) is 9.59 Å². The van der Waals surface area contributed by atoms with E-state index in [1.807, 2.05) is 18.7 Å². The number of hydrogen-bond donors (Lipinski definition) is 0. The van der Waals surface area contributed by atoms with Gasteiger partial charge in [-0.25, -0.2) is 0 Å². The molecule has 142 valence electrons. The van der Waals surface area contributed by atoms with Crippen molar-refractivity contribution >= 4 is 41.1 Å². The van der Waals surface area contributed by atoms with E-state index in [1.54, 1.807) is 29.2 Å². The van der Waals surface area contributed by atoms with Crippen molar-refractivity contribution < 1.29 is 9.59 Å². The molecule has 0 spiro atoms. The van der Waals surface area contributed by atoms with E-state index in [2.05, 4.69) is 4.90 Å². The molecule has 0 aliphatic carbocycles. The Kier molecular flexibility index (Phi) is 7.94. The zero-order valence-corrected chi connectivity index (χ0v) is 16.8. The second-order valence-electron chi connectivity index (χ2n) is 6.17. The molecule has 0 saturated carbocycles. The Bertz CT molecular complexity index is 667. The van der Waals surface area contributed by atoms with Gasteiger partial charge in [0.2, 0.25) is 11.8 Å². The topological polar surface area (TPSA) is 43.9 Å². The predicted molar refractivity (Wildman–Crippen MR) is 106 cm³/mol. The van der Waals surface area contributed by atoms with Crippen molar-refractivity contribution in [1.82, 2.24) is 14.7 Å². The van der Waals surface area contributed by atoms with Crippen LogP contribution in [0.15, 0.2) is 24.3 Å². The van der Waals surface area contributed by atoms with Crippen LogP contribution in [0.25, 0.3) is 6.08 Å². The van der Waals surface area contributed by atoms with Crippen LogP contribution in [0.3, 0.4) is 0 Å². The summed E-state index contributed by atoms with van der Waals surface area (Å²) in [6.07, 6.45) is 3.21. The second kappa shape index (κ2) is 9.95. The molecule has 0 aromatic heterocycles. The molecule has 0 unspecified atom stereocenters. The van der Waals surface area contributed by atoms with Gasteiger partial charge in [0, 0.05) is 55.4 Å². The number of hydrogen-bond acceptors (Lipinski definition) is 3. The number of rotatable bonds is 6. The monoisotopic (exact) mass is 397 g/mol. The van der Waals surface area contributed by atoms with Crippen LogP contribution in [-0.2, 0) is 9.59 Å². The quantitative estimate of drug-likeness (QED) is 0.692. The summed E-state index contributed by atoms with van der Waals surface area (Å²) in [5.74, 6) is 0.0843. The summed E-state index contributed by atoms with van der Waals surface area (Å²) in [5.41, 5.74) is 0.718. The van der Waals surface area contributed by atoms with Gasteiger partial charge in [0.1, 0.15) is 0 Å². The Labute approximate surface area is 165 Å². The van der Waals surface area contributed by atoms with Gasteiger partial charge in [0.05, 0.1) is 6.54 Å². The molecule has 5 nitrogen and oxygen atoms in total. The lowest BCUT2D eigenvalue weighted by Gasteiger charge is -2.34. The maximum Gasteiger partial charge on any atom is 0.246 e. The summed E-state index contributed by atoms with van der Waals surface area (Å²) < 4.78 is 0. The van der Waals surface area contributed by atoms with E-state index in [4.69, 9.17) is 23.2 Å². The number of likely N-dealkylation sites (N-methyl/N-ethyl adjacent to an activating group) is 1.